The fourth-order valence-electron chi connectivity index (χ4n) is 4.49. The zero-order valence-electron chi connectivity index (χ0n) is 19.0. The quantitative estimate of drug-likeness (QED) is 0.286. The van der Waals surface area contributed by atoms with Crippen molar-refractivity contribution in [1.29, 1.82) is 0 Å². The molecule has 0 bridgehead atoms. The lowest BCUT2D eigenvalue weighted by Crippen LogP contribution is -2.50. The number of rotatable bonds is 8. The third-order valence-corrected chi connectivity index (χ3v) is 7.35. The molecule has 0 spiro atoms. The van der Waals surface area contributed by atoms with Gasteiger partial charge in [-0.05, 0) is 35.4 Å². The van der Waals surface area contributed by atoms with E-state index in [1.54, 1.807) is 30.6 Å². The topological polar surface area (TPSA) is 81.2 Å². The second-order valence-corrected chi connectivity index (χ2v) is 9.60. The third-order valence-electron chi connectivity index (χ3n) is 6.21. The molecule has 2 aromatic carbocycles. The molecular formula is C25H26F2N6OS. The van der Waals surface area contributed by atoms with Gasteiger partial charge >= 0.3 is 0 Å². The van der Waals surface area contributed by atoms with Crippen molar-refractivity contribution >= 4 is 22.9 Å². The van der Waals surface area contributed by atoms with Gasteiger partial charge in [-0.15, -0.1) is 11.8 Å². The number of β-amino-alcohol motifs (C(OH)–C–C–N with tert-alkyl or cyclic N) is 1. The molecule has 0 unspecified atom stereocenters. The number of nitrogens with one attached hydrogen (secondary N) is 1. The molecule has 0 aliphatic carbocycles. The van der Waals surface area contributed by atoms with Crippen LogP contribution in [-0.2, 0) is 0 Å². The second kappa shape index (κ2) is 10.8. The van der Waals surface area contributed by atoms with Crippen LogP contribution in [0.3, 0.4) is 0 Å². The lowest BCUT2D eigenvalue weighted by Gasteiger charge is -2.40. The fraction of sp³-hybridized carbons (Fsp3) is 0.320. The van der Waals surface area contributed by atoms with Crippen LogP contribution < -0.4 is 0 Å². The van der Waals surface area contributed by atoms with E-state index >= 15 is 0 Å². The number of imidazole rings is 1. The van der Waals surface area contributed by atoms with Crippen LogP contribution in [0.15, 0.2) is 66.2 Å². The number of hydrogen-bond donors (Lipinski definition) is 2. The highest BCUT2D eigenvalue weighted by Crippen LogP contribution is 2.30. The number of nitrogens with zero attached hydrogens (tertiary/aromatic N) is 5. The lowest BCUT2D eigenvalue weighted by atomic mass is 9.96. The molecule has 0 radical (unpaired) electrons. The van der Waals surface area contributed by atoms with Crippen molar-refractivity contribution in [2.24, 2.45) is 0 Å². The summed E-state index contributed by atoms with van der Waals surface area (Å²) in [6.07, 6.45) is 2.56. The SMILES string of the molecule is O[C@H](CSc1ncnc2nc[nH]c12)CN1CCN(C(c2ccc(F)cc2)c2ccc(F)cc2)CC1. The maximum absolute atomic E-state index is 13.5. The molecule has 1 fully saturated rings. The van der Waals surface area contributed by atoms with Gasteiger partial charge < -0.3 is 10.1 Å². The van der Waals surface area contributed by atoms with Gasteiger partial charge in [0.15, 0.2) is 5.65 Å². The van der Waals surface area contributed by atoms with Gasteiger partial charge in [-0.25, -0.2) is 23.7 Å². The maximum atomic E-state index is 13.5. The zero-order valence-corrected chi connectivity index (χ0v) is 19.8. The molecule has 3 heterocycles. The number of thioether (sulfide) groups is 1. The minimum absolute atomic E-state index is 0.0894. The largest absolute Gasteiger partial charge is 0.391 e. The minimum atomic E-state index is -0.510. The summed E-state index contributed by atoms with van der Waals surface area (Å²) in [7, 11) is 0. The molecule has 182 valence electrons. The average Bonchev–Trinajstić information content (AvgIpc) is 3.36. The van der Waals surface area contributed by atoms with Gasteiger partial charge in [0, 0.05) is 38.5 Å². The molecule has 0 saturated carbocycles. The number of aliphatic hydroxyl groups is 1. The zero-order chi connectivity index (χ0) is 24.2. The highest BCUT2D eigenvalue weighted by molar-refractivity contribution is 7.99. The highest BCUT2D eigenvalue weighted by atomic mass is 32.2. The molecule has 10 heteroatoms. The predicted octanol–water partition coefficient (Wildman–Crippen LogP) is 3.49. The van der Waals surface area contributed by atoms with Gasteiger partial charge in [0.2, 0.25) is 0 Å². The molecule has 1 atom stereocenters. The van der Waals surface area contributed by atoms with E-state index in [2.05, 4.69) is 29.7 Å². The Morgan fingerprint density at radius 3 is 2.14 bits per heavy atom. The smallest absolute Gasteiger partial charge is 0.181 e. The fourth-order valence-corrected chi connectivity index (χ4v) is 5.36. The van der Waals surface area contributed by atoms with Crippen molar-refractivity contribution in [3.63, 3.8) is 0 Å². The Kier molecular flexibility index (Phi) is 7.33. The minimum Gasteiger partial charge on any atom is -0.391 e. The standard InChI is InChI=1S/C25H26F2N6OS/c26-19-5-1-17(2-6-19)23(18-3-7-20(27)8-4-18)33-11-9-32(10-12-33)13-21(34)14-35-25-22-24(29-15-28-22)30-16-31-25/h1-8,15-16,21,23,34H,9-14H2,(H,28,29,30,31)/t21-/m0/s1. The average molecular weight is 497 g/mol. The second-order valence-electron chi connectivity index (χ2n) is 8.59. The van der Waals surface area contributed by atoms with E-state index in [4.69, 9.17) is 0 Å². The summed E-state index contributed by atoms with van der Waals surface area (Å²) in [5.74, 6) is -0.0453. The monoisotopic (exact) mass is 496 g/mol. The van der Waals surface area contributed by atoms with E-state index in [1.807, 2.05) is 0 Å². The van der Waals surface area contributed by atoms with Crippen molar-refractivity contribution < 1.29 is 13.9 Å². The van der Waals surface area contributed by atoms with E-state index in [0.29, 0.717) is 17.9 Å². The Morgan fingerprint density at radius 1 is 0.886 bits per heavy atom. The van der Waals surface area contributed by atoms with Gasteiger partial charge in [0.25, 0.3) is 0 Å². The van der Waals surface area contributed by atoms with Gasteiger partial charge in [0.1, 0.15) is 28.5 Å². The third kappa shape index (κ3) is 5.67. The van der Waals surface area contributed by atoms with Crippen molar-refractivity contribution in [3.05, 3.63) is 83.9 Å². The summed E-state index contributed by atoms with van der Waals surface area (Å²) < 4.78 is 27.1. The van der Waals surface area contributed by atoms with Crippen LogP contribution >= 0.6 is 11.8 Å². The van der Waals surface area contributed by atoms with E-state index in [-0.39, 0.29) is 17.7 Å². The summed E-state index contributed by atoms with van der Waals surface area (Å²) >= 11 is 1.48. The molecule has 0 amide bonds. The molecule has 7 nitrogen and oxygen atoms in total. The molecule has 1 aliphatic heterocycles. The van der Waals surface area contributed by atoms with Crippen molar-refractivity contribution in [1.82, 2.24) is 29.7 Å². The number of aliphatic hydroxyl groups excluding tert-OH is 1. The number of halogens is 2. The summed E-state index contributed by atoms with van der Waals surface area (Å²) in [6, 6.07) is 12.9. The van der Waals surface area contributed by atoms with Crippen LogP contribution in [0, 0.1) is 11.6 Å². The summed E-state index contributed by atoms with van der Waals surface area (Å²) in [5.41, 5.74) is 3.34. The number of fused-ring (bicyclic) bond motifs is 1. The van der Waals surface area contributed by atoms with Crippen LogP contribution in [-0.4, -0.2) is 79.4 Å². The van der Waals surface area contributed by atoms with E-state index in [9.17, 15) is 13.9 Å². The molecular weight excluding hydrogens is 470 g/mol. The van der Waals surface area contributed by atoms with Crippen LogP contribution in [0.25, 0.3) is 11.2 Å². The number of aromatic amines is 1. The summed E-state index contributed by atoms with van der Waals surface area (Å²) in [4.78, 5) is 20.2. The number of benzene rings is 2. The molecule has 2 aromatic heterocycles. The highest BCUT2D eigenvalue weighted by Gasteiger charge is 2.27. The Bertz CT molecular complexity index is 1200. The molecule has 5 rings (SSSR count). The Hall–Kier alpha value is -2.92. The Morgan fingerprint density at radius 2 is 1.51 bits per heavy atom. The van der Waals surface area contributed by atoms with Crippen LogP contribution in [0.1, 0.15) is 17.2 Å². The van der Waals surface area contributed by atoms with Gasteiger partial charge in [-0.2, -0.15) is 0 Å². The first-order valence-electron chi connectivity index (χ1n) is 11.5. The van der Waals surface area contributed by atoms with Crippen molar-refractivity contribution in [2.45, 2.75) is 17.2 Å². The van der Waals surface area contributed by atoms with E-state index < -0.39 is 6.10 Å². The maximum Gasteiger partial charge on any atom is 0.181 e. The molecule has 2 N–H and O–H groups in total. The lowest BCUT2D eigenvalue weighted by molar-refractivity contribution is 0.0708. The molecule has 4 aromatic rings. The van der Waals surface area contributed by atoms with E-state index in [1.165, 1.54) is 42.4 Å². The number of hydrogen-bond acceptors (Lipinski definition) is 7. The van der Waals surface area contributed by atoms with Gasteiger partial charge in [-0.1, -0.05) is 24.3 Å². The number of H-pyrrole nitrogens is 1. The van der Waals surface area contributed by atoms with Crippen LogP contribution in [0.5, 0.6) is 0 Å². The van der Waals surface area contributed by atoms with E-state index in [0.717, 1.165) is 47.8 Å². The molecule has 1 aliphatic rings. The van der Waals surface area contributed by atoms with Crippen LogP contribution in [0.4, 0.5) is 8.78 Å². The number of piperazine rings is 1. The Labute approximate surface area is 206 Å². The first kappa shape index (κ1) is 23.8. The summed E-state index contributed by atoms with van der Waals surface area (Å²) in [6.45, 7) is 3.70. The van der Waals surface area contributed by atoms with Crippen molar-refractivity contribution in [2.75, 3.05) is 38.5 Å². The summed E-state index contributed by atoms with van der Waals surface area (Å²) in [5, 5.41) is 11.4. The Balaban J connectivity index is 1.19. The normalized spacial score (nSPS) is 16.2. The predicted molar refractivity (Wildman–Crippen MR) is 131 cm³/mol. The first-order valence-corrected chi connectivity index (χ1v) is 12.5. The number of aromatic nitrogens is 4. The first-order chi connectivity index (χ1) is 17.1. The van der Waals surface area contributed by atoms with Crippen molar-refractivity contribution in [3.8, 4) is 0 Å². The molecule has 35 heavy (non-hydrogen) atoms. The van der Waals surface area contributed by atoms with Gasteiger partial charge in [-0.3, -0.25) is 9.80 Å². The molecule has 1 saturated heterocycles. The van der Waals surface area contributed by atoms with Crippen LogP contribution in [0.2, 0.25) is 0 Å². The van der Waals surface area contributed by atoms with Gasteiger partial charge in [0.05, 0.1) is 18.5 Å².